The van der Waals surface area contributed by atoms with Crippen LogP contribution in [0.1, 0.15) is 0 Å². The van der Waals surface area contributed by atoms with Crippen molar-refractivity contribution in [1.29, 1.82) is 0 Å². The molecule has 4 heterocycles. The van der Waals surface area contributed by atoms with Gasteiger partial charge in [-0.15, -0.1) is 0 Å². The molecule has 0 aliphatic rings. The van der Waals surface area contributed by atoms with E-state index in [9.17, 15) is 0 Å². The van der Waals surface area contributed by atoms with E-state index in [0.717, 1.165) is 22.7 Å². The number of para-hydroxylation sites is 6. The maximum absolute atomic E-state index is 2.46. The Balaban J connectivity index is 0.869. The van der Waals surface area contributed by atoms with E-state index in [1.165, 1.54) is 120 Å². The number of benzene rings is 12. The fourth-order valence-electron chi connectivity index (χ4n) is 12.4. The highest BCUT2D eigenvalue weighted by Gasteiger charge is 2.20. The molecule has 4 nitrogen and oxygen atoms in total. The first-order chi connectivity index (χ1) is 34.7. The highest BCUT2D eigenvalue weighted by Crippen LogP contribution is 2.43. The van der Waals surface area contributed by atoms with Gasteiger partial charge in [-0.3, -0.25) is 0 Å². The molecule has 0 saturated carbocycles. The van der Waals surface area contributed by atoms with Gasteiger partial charge in [-0.25, -0.2) is 0 Å². The van der Waals surface area contributed by atoms with Gasteiger partial charge in [0.2, 0.25) is 0 Å². The van der Waals surface area contributed by atoms with Crippen LogP contribution in [0.2, 0.25) is 0 Å². The number of hydrogen-bond donors (Lipinski definition) is 0. The second-order valence-corrected chi connectivity index (χ2v) is 18.9. The molecule has 12 aromatic carbocycles. The van der Waals surface area contributed by atoms with E-state index < -0.39 is 0 Å². The normalized spacial score (nSPS) is 12.3. The van der Waals surface area contributed by atoms with Gasteiger partial charge in [-0.05, 0) is 129 Å². The molecule has 4 aromatic heterocycles. The molecule has 324 valence electrons. The molecule has 0 amide bonds. The van der Waals surface area contributed by atoms with Crippen LogP contribution >= 0.6 is 0 Å². The molecular formula is C66H40N4. The summed E-state index contributed by atoms with van der Waals surface area (Å²) in [4.78, 5) is 0. The summed E-state index contributed by atoms with van der Waals surface area (Å²) in [6, 6.07) is 89.8. The largest absolute Gasteiger partial charge is 0.309 e. The summed E-state index contributed by atoms with van der Waals surface area (Å²) >= 11 is 0. The number of hydrogen-bond acceptors (Lipinski definition) is 0. The van der Waals surface area contributed by atoms with Crippen LogP contribution < -0.4 is 0 Å². The predicted molar refractivity (Wildman–Crippen MR) is 296 cm³/mol. The van der Waals surface area contributed by atoms with Gasteiger partial charge in [0.15, 0.2) is 0 Å². The second kappa shape index (κ2) is 14.1. The van der Waals surface area contributed by atoms with Gasteiger partial charge in [0.25, 0.3) is 0 Å². The Hall–Kier alpha value is -9.38. The van der Waals surface area contributed by atoms with Crippen molar-refractivity contribution in [2.24, 2.45) is 0 Å². The maximum Gasteiger partial charge on any atom is 0.0542 e. The minimum atomic E-state index is 1.15. The third kappa shape index (κ3) is 5.09. The third-order valence-corrected chi connectivity index (χ3v) is 15.3. The highest BCUT2D eigenvalue weighted by molar-refractivity contribution is 6.26. The average Bonchev–Trinajstić information content (AvgIpc) is 4.15. The minimum Gasteiger partial charge on any atom is -0.309 e. The van der Waals surface area contributed by atoms with Crippen LogP contribution in [0.25, 0.3) is 142 Å². The van der Waals surface area contributed by atoms with Gasteiger partial charge < -0.3 is 18.3 Å². The van der Waals surface area contributed by atoms with E-state index in [2.05, 4.69) is 261 Å². The molecule has 0 spiro atoms. The molecule has 0 saturated heterocycles. The predicted octanol–water partition coefficient (Wildman–Crippen LogP) is 17.5. The van der Waals surface area contributed by atoms with Gasteiger partial charge in [-0.1, -0.05) is 146 Å². The first-order valence-corrected chi connectivity index (χ1v) is 24.2. The highest BCUT2D eigenvalue weighted by atomic mass is 15.0. The van der Waals surface area contributed by atoms with E-state index in [1.807, 2.05) is 0 Å². The Bertz CT molecular complexity index is 4460. The Kier molecular flexibility index (Phi) is 7.58. The zero-order valence-corrected chi connectivity index (χ0v) is 37.9. The zero-order chi connectivity index (χ0) is 45.6. The van der Waals surface area contributed by atoms with Crippen molar-refractivity contribution in [1.82, 2.24) is 18.3 Å². The monoisotopic (exact) mass is 888 g/mol. The number of rotatable bonds is 4. The molecule has 16 rings (SSSR count). The standard InChI is InChI=1S/C66H40N4/c1-2-16-46-45(15-1)55-37-41(69-63-27-13-7-21-53(63)57-39-43(31-35-65(57)69)67-59-23-9-3-17-49(59)50-18-4-10-24-60(50)67)29-33-47(55)48-34-30-42(38-56(46)48)70-64-28-14-8-22-54(64)58-40-44(32-36-66(58)70)68-61-25-11-5-19-51(61)52-20-6-12-26-62(52)68/h1-40H. The molecule has 0 radical (unpaired) electrons. The summed E-state index contributed by atoms with van der Waals surface area (Å²) in [5.74, 6) is 0. The van der Waals surface area contributed by atoms with Crippen LogP contribution in [0.3, 0.4) is 0 Å². The van der Waals surface area contributed by atoms with Gasteiger partial charge >= 0.3 is 0 Å². The molecule has 70 heavy (non-hydrogen) atoms. The van der Waals surface area contributed by atoms with Crippen molar-refractivity contribution >= 4 is 120 Å². The first kappa shape index (κ1) is 37.7. The number of nitrogens with zero attached hydrogens (tertiary/aromatic N) is 4. The first-order valence-electron chi connectivity index (χ1n) is 24.2. The lowest BCUT2D eigenvalue weighted by Gasteiger charge is -2.16. The van der Waals surface area contributed by atoms with Crippen LogP contribution in [0.5, 0.6) is 0 Å². The number of aromatic nitrogens is 4. The molecule has 0 aliphatic heterocycles. The minimum absolute atomic E-state index is 1.15. The fraction of sp³-hybridized carbons (Fsp3) is 0. The summed E-state index contributed by atoms with van der Waals surface area (Å²) in [7, 11) is 0. The van der Waals surface area contributed by atoms with Crippen LogP contribution in [-0.4, -0.2) is 18.3 Å². The van der Waals surface area contributed by atoms with Crippen molar-refractivity contribution < 1.29 is 0 Å². The van der Waals surface area contributed by atoms with Crippen molar-refractivity contribution in [3.8, 4) is 22.7 Å². The Morgan fingerprint density at radius 2 is 0.343 bits per heavy atom. The summed E-state index contributed by atoms with van der Waals surface area (Å²) in [6.45, 7) is 0. The molecule has 0 aliphatic carbocycles. The molecule has 16 aromatic rings. The smallest absolute Gasteiger partial charge is 0.0542 e. The molecule has 4 heteroatoms. The van der Waals surface area contributed by atoms with Crippen molar-refractivity contribution in [2.45, 2.75) is 0 Å². The average molecular weight is 889 g/mol. The summed E-state index contributed by atoms with van der Waals surface area (Å²) < 4.78 is 9.74. The van der Waals surface area contributed by atoms with Crippen molar-refractivity contribution in [3.63, 3.8) is 0 Å². The lowest BCUT2D eigenvalue weighted by molar-refractivity contribution is 1.17. The fourth-order valence-corrected chi connectivity index (χ4v) is 12.4. The van der Waals surface area contributed by atoms with Gasteiger partial charge in [-0.2, -0.15) is 0 Å². The molecular weight excluding hydrogens is 849 g/mol. The molecule has 0 N–H and O–H groups in total. The van der Waals surface area contributed by atoms with Gasteiger partial charge in [0.1, 0.15) is 0 Å². The summed E-state index contributed by atoms with van der Waals surface area (Å²) in [5.41, 5.74) is 14.2. The topological polar surface area (TPSA) is 19.7 Å². The van der Waals surface area contributed by atoms with Gasteiger partial charge in [0, 0.05) is 65.8 Å². The van der Waals surface area contributed by atoms with E-state index in [4.69, 9.17) is 0 Å². The van der Waals surface area contributed by atoms with Crippen LogP contribution in [0.15, 0.2) is 243 Å². The second-order valence-electron chi connectivity index (χ2n) is 18.9. The molecule has 0 unspecified atom stereocenters. The third-order valence-electron chi connectivity index (χ3n) is 15.3. The molecule has 0 fully saturated rings. The Morgan fingerprint density at radius 1 is 0.143 bits per heavy atom. The quantitative estimate of drug-likeness (QED) is 0.157. The van der Waals surface area contributed by atoms with Crippen LogP contribution in [-0.2, 0) is 0 Å². The summed E-state index contributed by atoms with van der Waals surface area (Å²) in [6.07, 6.45) is 0. The van der Waals surface area contributed by atoms with Crippen LogP contribution in [0, 0.1) is 0 Å². The maximum atomic E-state index is 2.46. The summed E-state index contributed by atoms with van der Waals surface area (Å²) in [5, 5.41) is 17.5. The van der Waals surface area contributed by atoms with E-state index in [1.54, 1.807) is 0 Å². The van der Waals surface area contributed by atoms with Crippen molar-refractivity contribution in [2.75, 3.05) is 0 Å². The van der Waals surface area contributed by atoms with Crippen molar-refractivity contribution in [3.05, 3.63) is 243 Å². The number of fused-ring (bicyclic) bond motifs is 18. The zero-order valence-electron chi connectivity index (χ0n) is 37.9. The van der Waals surface area contributed by atoms with Gasteiger partial charge in [0.05, 0.1) is 44.1 Å². The lowest BCUT2D eigenvalue weighted by atomic mass is 9.93. The van der Waals surface area contributed by atoms with E-state index in [-0.39, 0.29) is 0 Å². The van der Waals surface area contributed by atoms with Crippen LogP contribution in [0.4, 0.5) is 0 Å². The van der Waals surface area contributed by atoms with E-state index >= 15 is 0 Å². The molecule has 0 bridgehead atoms. The Labute approximate surface area is 401 Å². The van der Waals surface area contributed by atoms with E-state index in [0.29, 0.717) is 0 Å². The SMILES string of the molecule is c1ccc2c(c1)c1cc(-n3c4ccccc4c4cc(-n5c6ccccc6c6ccccc65)ccc43)ccc1c1ccc(-n3c4ccccc4c4cc(-n5c6ccccc6c6ccccc65)ccc43)cc21. The Morgan fingerprint density at radius 3 is 0.643 bits per heavy atom. The lowest BCUT2D eigenvalue weighted by Crippen LogP contribution is -1.97. The molecule has 0 atom stereocenters.